The van der Waals surface area contributed by atoms with Crippen LogP contribution < -0.4 is 5.73 Å². The molecular formula is C9H21NOS. The van der Waals surface area contributed by atoms with Gasteiger partial charge < -0.3 is 5.73 Å². The first kappa shape index (κ1) is 12.1. The molecule has 0 rings (SSSR count). The third-order valence-electron chi connectivity index (χ3n) is 2.01. The predicted molar refractivity (Wildman–Crippen MR) is 55.6 cm³/mol. The second-order valence-electron chi connectivity index (χ2n) is 3.49. The summed E-state index contributed by atoms with van der Waals surface area (Å²) in [5.41, 5.74) is 5.43. The molecule has 0 aliphatic heterocycles. The lowest BCUT2D eigenvalue weighted by Gasteiger charge is -2.13. The second kappa shape index (κ2) is 6.61. The SMILES string of the molecule is CCCC(C)CS(=O)C(C)CN. The molecule has 0 saturated carbocycles. The zero-order valence-corrected chi connectivity index (χ0v) is 9.19. The minimum atomic E-state index is -0.721. The van der Waals surface area contributed by atoms with Gasteiger partial charge in [0.15, 0.2) is 0 Å². The molecule has 12 heavy (non-hydrogen) atoms. The minimum Gasteiger partial charge on any atom is -0.329 e. The summed E-state index contributed by atoms with van der Waals surface area (Å²) in [5.74, 6) is 1.39. The molecule has 0 heterocycles. The van der Waals surface area contributed by atoms with Crippen molar-refractivity contribution in [3.8, 4) is 0 Å². The predicted octanol–water partition coefficient (Wildman–Crippen LogP) is 1.52. The lowest BCUT2D eigenvalue weighted by molar-refractivity contribution is 0.571. The van der Waals surface area contributed by atoms with E-state index >= 15 is 0 Å². The van der Waals surface area contributed by atoms with Crippen LogP contribution in [-0.2, 0) is 10.8 Å². The smallest absolute Gasteiger partial charge is 0.0442 e. The van der Waals surface area contributed by atoms with Gasteiger partial charge in [0, 0.05) is 28.3 Å². The van der Waals surface area contributed by atoms with Gasteiger partial charge >= 0.3 is 0 Å². The monoisotopic (exact) mass is 191 g/mol. The average molecular weight is 191 g/mol. The van der Waals surface area contributed by atoms with Crippen LogP contribution in [0.15, 0.2) is 0 Å². The molecule has 0 spiro atoms. The van der Waals surface area contributed by atoms with Crippen LogP contribution >= 0.6 is 0 Å². The molecule has 0 aromatic carbocycles. The zero-order chi connectivity index (χ0) is 9.56. The van der Waals surface area contributed by atoms with Crippen LogP contribution in [0.4, 0.5) is 0 Å². The van der Waals surface area contributed by atoms with Crippen molar-refractivity contribution in [2.75, 3.05) is 12.3 Å². The molecule has 2 nitrogen and oxygen atoms in total. The van der Waals surface area contributed by atoms with E-state index in [9.17, 15) is 4.21 Å². The highest BCUT2D eigenvalue weighted by molar-refractivity contribution is 7.85. The molecule has 0 aromatic rings. The van der Waals surface area contributed by atoms with Crippen LogP contribution in [0.3, 0.4) is 0 Å². The Morgan fingerprint density at radius 3 is 2.42 bits per heavy atom. The molecular weight excluding hydrogens is 170 g/mol. The molecule has 2 N–H and O–H groups in total. The summed E-state index contributed by atoms with van der Waals surface area (Å²) in [5, 5.41) is 0.157. The normalized spacial score (nSPS) is 18.7. The van der Waals surface area contributed by atoms with Crippen molar-refractivity contribution in [2.24, 2.45) is 11.7 Å². The topological polar surface area (TPSA) is 43.1 Å². The van der Waals surface area contributed by atoms with Crippen molar-refractivity contribution in [2.45, 2.75) is 38.9 Å². The first-order valence-corrected chi connectivity index (χ1v) is 6.07. The quantitative estimate of drug-likeness (QED) is 0.691. The highest BCUT2D eigenvalue weighted by atomic mass is 32.2. The van der Waals surface area contributed by atoms with Gasteiger partial charge in [-0.2, -0.15) is 0 Å². The van der Waals surface area contributed by atoms with Crippen LogP contribution in [0.25, 0.3) is 0 Å². The first-order chi connectivity index (χ1) is 5.61. The molecule has 0 radical (unpaired) electrons. The Hall–Kier alpha value is 0.110. The average Bonchev–Trinajstić information content (AvgIpc) is 2.03. The van der Waals surface area contributed by atoms with Crippen LogP contribution in [-0.4, -0.2) is 21.8 Å². The fourth-order valence-corrected chi connectivity index (χ4v) is 2.40. The molecule has 0 aromatic heterocycles. The Morgan fingerprint density at radius 2 is 2.00 bits per heavy atom. The number of nitrogens with two attached hydrogens (primary N) is 1. The van der Waals surface area contributed by atoms with Crippen molar-refractivity contribution in [1.29, 1.82) is 0 Å². The van der Waals surface area contributed by atoms with E-state index < -0.39 is 10.8 Å². The van der Waals surface area contributed by atoms with E-state index in [1.165, 1.54) is 12.8 Å². The molecule has 0 amide bonds. The van der Waals surface area contributed by atoms with E-state index in [2.05, 4.69) is 13.8 Å². The molecule has 3 atom stereocenters. The third kappa shape index (κ3) is 4.88. The number of hydrogen-bond donors (Lipinski definition) is 1. The molecule has 0 bridgehead atoms. The summed E-state index contributed by atoms with van der Waals surface area (Å²) in [6.45, 7) is 6.80. The van der Waals surface area contributed by atoms with Gasteiger partial charge in [0.25, 0.3) is 0 Å². The van der Waals surface area contributed by atoms with Gasteiger partial charge in [-0.1, -0.05) is 26.7 Å². The van der Waals surface area contributed by atoms with Crippen molar-refractivity contribution in [3.05, 3.63) is 0 Å². The summed E-state index contributed by atoms with van der Waals surface area (Å²) in [6.07, 6.45) is 2.35. The molecule has 74 valence electrons. The Morgan fingerprint density at radius 1 is 1.42 bits per heavy atom. The lowest BCUT2D eigenvalue weighted by Crippen LogP contribution is -2.25. The summed E-state index contributed by atoms with van der Waals surface area (Å²) >= 11 is 0. The van der Waals surface area contributed by atoms with Gasteiger partial charge in [0.1, 0.15) is 0 Å². The van der Waals surface area contributed by atoms with Crippen molar-refractivity contribution >= 4 is 10.8 Å². The molecule has 0 aliphatic rings. The van der Waals surface area contributed by atoms with E-state index in [-0.39, 0.29) is 5.25 Å². The Bertz CT molecular complexity index is 138. The van der Waals surface area contributed by atoms with E-state index in [0.29, 0.717) is 12.5 Å². The van der Waals surface area contributed by atoms with Gasteiger partial charge in [0.2, 0.25) is 0 Å². The maximum atomic E-state index is 11.5. The summed E-state index contributed by atoms with van der Waals surface area (Å²) in [6, 6.07) is 0. The number of rotatable bonds is 6. The van der Waals surface area contributed by atoms with Crippen molar-refractivity contribution < 1.29 is 4.21 Å². The second-order valence-corrected chi connectivity index (χ2v) is 5.39. The van der Waals surface area contributed by atoms with Gasteiger partial charge in [-0.15, -0.1) is 0 Å². The van der Waals surface area contributed by atoms with Crippen molar-refractivity contribution in [3.63, 3.8) is 0 Å². The highest BCUT2D eigenvalue weighted by Gasteiger charge is 2.12. The lowest BCUT2D eigenvalue weighted by atomic mass is 10.1. The summed E-state index contributed by atoms with van der Waals surface area (Å²) < 4.78 is 11.5. The van der Waals surface area contributed by atoms with Gasteiger partial charge in [-0.3, -0.25) is 4.21 Å². The Kier molecular flexibility index (Phi) is 6.67. The molecule has 0 aliphatic carbocycles. The van der Waals surface area contributed by atoms with Crippen LogP contribution in [0, 0.1) is 5.92 Å². The van der Waals surface area contributed by atoms with Gasteiger partial charge in [-0.25, -0.2) is 0 Å². The standard InChI is InChI=1S/C9H21NOS/c1-4-5-8(2)7-12(11)9(3)6-10/h8-9H,4-7,10H2,1-3H3. The maximum Gasteiger partial charge on any atom is 0.0442 e. The zero-order valence-electron chi connectivity index (χ0n) is 8.38. The van der Waals surface area contributed by atoms with Crippen LogP contribution in [0.1, 0.15) is 33.6 Å². The van der Waals surface area contributed by atoms with Gasteiger partial charge in [-0.05, 0) is 12.8 Å². The largest absolute Gasteiger partial charge is 0.329 e. The van der Waals surface area contributed by atoms with E-state index in [1.807, 2.05) is 6.92 Å². The maximum absolute atomic E-state index is 11.5. The Balaban J connectivity index is 3.67. The summed E-state index contributed by atoms with van der Waals surface area (Å²) in [4.78, 5) is 0. The fourth-order valence-electron chi connectivity index (χ4n) is 1.13. The Labute approximate surface area is 78.4 Å². The molecule has 0 fully saturated rings. The van der Waals surface area contributed by atoms with Crippen LogP contribution in [0.2, 0.25) is 0 Å². The van der Waals surface area contributed by atoms with Crippen molar-refractivity contribution in [1.82, 2.24) is 0 Å². The summed E-state index contributed by atoms with van der Waals surface area (Å²) in [7, 11) is -0.721. The van der Waals surface area contributed by atoms with E-state index in [0.717, 1.165) is 5.75 Å². The first-order valence-electron chi connectivity index (χ1n) is 4.69. The molecule has 3 heteroatoms. The van der Waals surface area contributed by atoms with Crippen LogP contribution in [0.5, 0.6) is 0 Å². The minimum absolute atomic E-state index is 0.157. The third-order valence-corrected chi connectivity index (χ3v) is 4.00. The molecule has 0 saturated heterocycles. The highest BCUT2D eigenvalue weighted by Crippen LogP contribution is 2.08. The van der Waals surface area contributed by atoms with Gasteiger partial charge in [0.05, 0.1) is 0 Å². The van der Waals surface area contributed by atoms with E-state index in [1.54, 1.807) is 0 Å². The number of hydrogen-bond acceptors (Lipinski definition) is 2. The fraction of sp³-hybridized carbons (Fsp3) is 1.00. The van der Waals surface area contributed by atoms with E-state index in [4.69, 9.17) is 5.73 Å². The molecule has 3 unspecified atom stereocenters.